The first-order valence-corrected chi connectivity index (χ1v) is 8.14. The fourth-order valence-corrected chi connectivity index (χ4v) is 3.08. The number of fused-ring (bicyclic) bond motifs is 1. The van der Waals surface area contributed by atoms with Crippen LogP contribution < -0.4 is 5.32 Å². The van der Waals surface area contributed by atoms with Crippen molar-refractivity contribution in [1.82, 2.24) is 14.7 Å². The van der Waals surface area contributed by atoms with Crippen LogP contribution in [0.5, 0.6) is 0 Å². The van der Waals surface area contributed by atoms with Crippen molar-refractivity contribution in [2.24, 2.45) is 0 Å². The Morgan fingerprint density at radius 3 is 2.38 bits per heavy atom. The zero-order valence-corrected chi connectivity index (χ0v) is 14.0. The summed E-state index contributed by atoms with van der Waals surface area (Å²) in [6.07, 6.45) is 1.11. The Morgan fingerprint density at radius 2 is 1.71 bits per heavy atom. The summed E-state index contributed by atoms with van der Waals surface area (Å²) in [5, 5.41) is 2.82. The third-order valence-electron chi connectivity index (χ3n) is 4.47. The summed E-state index contributed by atoms with van der Waals surface area (Å²) in [5.74, 6) is -0.00471. The molecule has 0 bridgehead atoms. The average molecular weight is 330 g/mol. The predicted octanol–water partition coefficient (Wildman–Crippen LogP) is 1.01. The smallest absolute Gasteiger partial charge is 0.319 e. The monoisotopic (exact) mass is 330 g/mol. The maximum Gasteiger partial charge on any atom is 0.319 e. The fraction of sp³-hybridized carbons (Fsp3) is 0.471. The molecule has 1 N–H and O–H groups in total. The molecule has 0 saturated carbocycles. The molecule has 0 unspecified atom stereocenters. The van der Waals surface area contributed by atoms with Crippen LogP contribution in [0, 0.1) is 0 Å². The molecule has 3 rings (SSSR count). The fourth-order valence-electron chi connectivity index (χ4n) is 3.08. The van der Waals surface area contributed by atoms with Gasteiger partial charge in [-0.25, -0.2) is 4.79 Å². The highest BCUT2D eigenvalue weighted by molar-refractivity contribution is 5.98. The second kappa shape index (κ2) is 6.51. The minimum Gasteiger partial charge on any atom is -0.335 e. The van der Waals surface area contributed by atoms with Gasteiger partial charge in [-0.05, 0) is 30.2 Å². The van der Waals surface area contributed by atoms with Crippen LogP contribution in [0.3, 0.4) is 0 Å². The van der Waals surface area contributed by atoms with Gasteiger partial charge in [0.1, 0.15) is 0 Å². The Labute approximate surface area is 141 Å². The van der Waals surface area contributed by atoms with Gasteiger partial charge < -0.3 is 20.0 Å². The lowest BCUT2D eigenvalue weighted by molar-refractivity contribution is -0.116. The molecule has 0 radical (unpaired) electrons. The zero-order chi connectivity index (χ0) is 17.3. The summed E-state index contributed by atoms with van der Waals surface area (Å²) < 4.78 is 0. The number of aryl methyl sites for hydroxylation is 1. The topological polar surface area (TPSA) is 73.0 Å². The van der Waals surface area contributed by atoms with E-state index in [2.05, 4.69) is 5.32 Å². The van der Waals surface area contributed by atoms with E-state index in [1.54, 1.807) is 40.9 Å². The molecule has 2 aliphatic rings. The van der Waals surface area contributed by atoms with Gasteiger partial charge in [-0.2, -0.15) is 0 Å². The summed E-state index contributed by atoms with van der Waals surface area (Å²) >= 11 is 0. The molecule has 2 heterocycles. The Bertz CT molecular complexity index is 678. The predicted molar refractivity (Wildman–Crippen MR) is 90.0 cm³/mol. The van der Waals surface area contributed by atoms with Crippen molar-refractivity contribution < 1.29 is 14.4 Å². The van der Waals surface area contributed by atoms with E-state index in [0.717, 1.165) is 11.3 Å². The number of anilines is 1. The summed E-state index contributed by atoms with van der Waals surface area (Å²) in [7, 11) is 3.46. The van der Waals surface area contributed by atoms with E-state index in [4.69, 9.17) is 0 Å². The Morgan fingerprint density at radius 1 is 1.04 bits per heavy atom. The van der Waals surface area contributed by atoms with Gasteiger partial charge in [0.2, 0.25) is 5.91 Å². The number of carbonyl (C=O) groups excluding carboxylic acids is 3. The van der Waals surface area contributed by atoms with Gasteiger partial charge >= 0.3 is 6.03 Å². The van der Waals surface area contributed by atoms with E-state index in [0.29, 0.717) is 44.6 Å². The molecule has 1 aromatic carbocycles. The molecule has 1 fully saturated rings. The molecule has 24 heavy (non-hydrogen) atoms. The Hall–Kier alpha value is -2.57. The maximum atomic E-state index is 12.7. The van der Waals surface area contributed by atoms with Crippen molar-refractivity contribution in [2.75, 3.05) is 45.6 Å². The third-order valence-corrected chi connectivity index (χ3v) is 4.47. The number of nitrogens with zero attached hydrogens (tertiary/aromatic N) is 3. The highest BCUT2D eigenvalue weighted by atomic mass is 16.2. The van der Waals surface area contributed by atoms with Crippen molar-refractivity contribution in [2.45, 2.75) is 12.8 Å². The molecule has 2 aliphatic heterocycles. The van der Waals surface area contributed by atoms with Gasteiger partial charge in [0, 0.05) is 57.9 Å². The number of hydrogen-bond donors (Lipinski definition) is 1. The molecule has 0 spiro atoms. The van der Waals surface area contributed by atoms with E-state index >= 15 is 0 Å². The minimum absolute atomic E-state index is 0.0169. The van der Waals surface area contributed by atoms with Crippen LogP contribution in [0.1, 0.15) is 22.3 Å². The van der Waals surface area contributed by atoms with Crippen LogP contribution in [0.25, 0.3) is 0 Å². The number of piperazine rings is 1. The molecule has 0 atom stereocenters. The van der Waals surface area contributed by atoms with E-state index in [1.165, 1.54) is 0 Å². The van der Waals surface area contributed by atoms with Crippen molar-refractivity contribution in [3.63, 3.8) is 0 Å². The molecule has 1 saturated heterocycles. The number of carbonyl (C=O) groups is 3. The van der Waals surface area contributed by atoms with Gasteiger partial charge in [0.05, 0.1) is 0 Å². The first-order valence-electron chi connectivity index (χ1n) is 8.14. The zero-order valence-electron chi connectivity index (χ0n) is 14.0. The van der Waals surface area contributed by atoms with Gasteiger partial charge in [-0.3, -0.25) is 9.59 Å². The largest absolute Gasteiger partial charge is 0.335 e. The first-order chi connectivity index (χ1) is 11.5. The van der Waals surface area contributed by atoms with Crippen LogP contribution in [0.4, 0.5) is 10.5 Å². The summed E-state index contributed by atoms with van der Waals surface area (Å²) in [6.45, 7) is 2.16. The molecule has 0 aliphatic carbocycles. The number of nitrogens with one attached hydrogen (secondary N) is 1. The highest BCUT2D eigenvalue weighted by Crippen LogP contribution is 2.24. The lowest BCUT2D eigenvalue weighted by Gasteiger charge is -2.36. The number of urea groups is 1. The van der Waals surface area contributed by atoms with E-state index in [-0.39, 0.29) is 17.8 Å². The van der Waals surface area contributed by atoms with E-state index < -0.39 is 0 Å². The molecule has 1 aromatic rings. The normalized spacial score (nSPS) is 17.2. The van der Waals surface area contributed by atoms with E-state index in [1.807, 2.05) is 6.07 Å². The second-order valence-corrected chi connectivity index (χ2v) is 6.38. The maximum absolute atomic E-state index is 12.7. The van der Waals surface area contributed by atoms with Gasteiger partial charge in [0.15, 0.2) is 0 Å². The molecular formula is C17H22N4O3. The first kappa shape index (κ1) is 16.3. The average Bonchev–Trinajstić information content (AvgIpc) is 2.60. The second-order valence-electron chi connectivity index (χ2n) is 6.38. The third kappa shape index (κ3) is 3.20. The molecule has 4 amide bonds. The van der Waals surface area contributed by atoms with Crippen molar-refractivity contribution in [3.05, 3.63) is 29.3 Å². The SMILES string of the molecule is CN(C)C(=O)N1CCN(C(=O)c2ccc3c(c2)CCC(=O)N3)CC1. The standard InChI is InChI=1S/C17H22N4O3/c1-19(2)17(24)21-9-7-20(8-10-21)16(23)13-3-5-14-12(11-13)4-6-15(22)18-14/h3,5,11H,4,6-10H2,1-2H3,(H,18,22). The molecule has 128 valence electrons. The quantitative estimate of drug-likeness (QED) is 0.835. The van der Waals surface area contributed by atoms with E-state index in [9.17, 15) is 14.4 Å². The van der Waals surface area contributed by atoms with Crippen molar-refractivity contribution in [3.8, 4) is 0 Å². The van der Waals surface area contributed by atoms with Crippen LogP contribution in [0.2, 0.25) is 0 Å². The number of amides is 4. The Balaban J connectivity index is 1.66. The molecule has 7 heteroatoms. The van der Waals surface area contributed by atoms with Crippen LogP contribution >= 0.6 is 0 Å². The van der Waals surface area contributed by atoms with Crippen LogP contribution in [-0.2, 0) is 11.2 Å². The number of benzene rings is 1. The number of hydrogen-bond acceptors (Lipinski definition) is 3. The lowest BCUT2D eigenvalue weighted by atomic mass is 10.00. The summed E-state index contributed by atoms with van der Waals surface area (Å²) in [4.78, 5) is 41.1. The van der Waals surface area contributed by atoms with Crippen LogP contribution in [0.15, 0.2) is 18.2 Å². The summed E-state index contributed by atoms with van der Waals surface area (Å²) in [6, 6.07) is 5.40. The molecule has 0 aromatic heterocycles. The number of rotatable bonds is 1. The van der Waals surface area contributed by atoms with Gasteiger partial charge in [-0.1, -0.05) is 0 Å². The van der Waals surface area contributed by atoms with Crippen molar-refractivity contribution in [1.29, 1.82) is 0 Å². The molecule has 7 nitrogen and oxygen atoms in total. The van der Waals surface area contributed by atoms with Gasteiger partial charge in [-0.15, -0.1) is 0 Å². The van der Waals surface area contributed by atoms with Crippen LogP contribution in [-0.4, -0.2) is 72.8 Å². The highest BCUT2D eigenvalue weighted by Gasteiger charge is 2.26. The lowest BCUT2D eigenvalue weighted by Crippen LogP contribution is -2.52. The minimum atomic E-state index is -0.0216. The Kier molecular flexibility index (Phi) is 4.42. The van der Waals surface area contributed by atoms with Gasteiger partial charge in [0.25, 0.3) is 5.91 Å². The van der Waals surface area contributed by atoms with Crippen molar-refractivity contribution >= 4 is 23.5 Å². The summed E-state index contributed by atoms with van der Waals surface area (Å²) in [5.41, 5.74) is 2.43. The molecular weight excluding hydrogens is 308 g/mol.